The molecule has 6 nitrogen and oxygen atoms in total. The number of hydrogen-bond donors (Lipinski definition) is 1. The fourth-order valence-electron chi connectivity index (χ4n) is 3.10. The van der Waals surface area contributed by atoms with Gasteiger partial charge in [-0.25, -0.2) is 4.98 Å². The van der Waals surface area contributed by atoms with Crippen LogP contribution in [0.4, 0.5) is 5.82 Å². The van der Waals surface area contributed by atoms with E-state index in [2.05, 4.69) is 4.98 Å². The van der Waals surface area contributed by atoms with Gasteiger partial charge in [0, 0.05) is 12.1 Å². The number of aromatic nitrogens is 1. The molecular formula is C19H19N3O3. The average molecular weight is 337 g/mol. The molecule has 128 valence electrons. The van der Waals surface area contributed by atoms with Gasteiger partial charge in [0.25, 0.3) is 5.91 Å². The zero-order valence-corrected chi connectivity index (χ0v) is 13.7. The van der Waals surface area contributed by atoms with Gasteiger partial charge in [0.05, 0.1) is 24.4 Å². The van der Waals surface area contributed by atoms with Crippen molar-refractivity contribution in [2.45, 2.75) is 6.10 Å². The fraction of sp³-hybridized carbons (Fsp3) is 0.263. The highest BCUT2D eigenvalue weighted by atomic mass is 16.5. The Kier molecular flexibility index (Phi) is 4.11. The van der Waals surface area contributed by atoms with E-state index in [9.17, 15) is 4.79 Å². The van der Waals surface area contributed by atoms with Crippen LogP contribution in [0.2, 0.25) is 0 Å². The second-order valence-corrected chi connectivity index (χ2v) is 6.09. The Morgan fingerprint density at radius 1 is 1.20 bits per heavy atom. The van der Waals surface area contributed by atoms with Crippen LogP contribution in [0.15, 0.2) is 48.0 Å². The molecule has 1 aromatic carbocycles. The summed E-state index contributed by atoms with van der Waals surface area (Å²) in [4.78, 5) is 19.0. The van der Waals surface area contributed by atoms with Gasteiger partial charge in [0.15, 0.2) is 0 Å². The lowest BCUT2D eigenvalue weighted by molar-refractivity contribution is -0.135. The number of ether oxygens (including phenoxy) is 2. The van der Waals surface area contributed by atoms with E-state index < -0.39 is 0 Å². The summed E-state index contributed by atoms with van der Waals surface area (Å²) in [6.07, 6.45) is 1.64. The van der Waals surface area contributed by atoms with Crippen molar-refractivity contribution in [1.29, 1.82) is 0 Å². The summed E-state index contributed by atoms with van der Waals surface area (Å²) in [7, 11) is 0. The van der Waals surface area contributed by atoms with E-state index >= 15 is 0 Å². The Bertz CT molecular complexity index is 834. The minimum Gasteiger partial charge on any atom is -0.488 e. The summed E-state index contributed by atoms with van der Waals surface area (Å²) in [5, 5.41) is 0. The summed E-state index contributed by atoms with van der Waals surface area (Å²) >= 11 is 0. The van der Waals surface area contributed by atoms with Crippen LogP contribution in [-0.4, -0.2) is 42.1 Å². The number of nitrogen functional groups attached to an aromatic ring is 1. The van der Waals surface area contributed by atoms with Gasteiger partial charge in [-0.1, -0.05) is 24.3 Å². The molecule has 2 aliphatic heterocycles. The highest BCUT2D eigenvalue weighted by molar-refractivity contribution is 5.99. The van der Waals surface area contributed by atoms with E-state index in [1.165, 1.54) is 0 Å². The van der Waals surface area contributed by atoms with E-state index in [0.29, 0.717) is 31.1 Å². The predicted octanol–water partition coefficient (Wildman–Crippen LogP) is 2.04. The molecule has 1 amide bonds. The number of hydrogen-bond acceptors (Lipinski definition) is 5. The largest absolute Gasteiger partial charge is 0.488 e. The predicted molar refractivity (Wildman–Crippen MR) is 93.8 cm³/mol. The highest BCUT2D eigenvalue weighted by Gasteiger charge is 2.29. The lowest BCUT2D eigenvalue weighted by Crippen LogP contribution is -2.44. The highest BCUT2D eigenvalue weighted by Crippen LogP contribution is 2.28. The summed E-state index contributed by atoms with van der Waals surface area (Å²) in [6.45, 7) is 1.76. The first-order valence-electron chi connectivity index (χ1n) is 8.26. The van der Waals surface area contributed by atoms with Crippen LogP contribution in [-0.2, 0) is 9.53 Å². The van der Waals surface area contributed by atoms with Crippen LogP contribution in [0.3, 0.4) is 0 Å². The lowest BCUT2D eigenvalue weighted by atomic mass is 10.1. The number of carbonyl (C=O) groups excluding carboxylic acids is 1. The second-order valence-electron chi connectivity index (χ2n) is 6.09. The number of nitrogens with two attached hydrogens (primary N) is 1. The SMILES string of the molecule is Nc1cccc(C2CN(C(=O)C3=Cc4ccccc4OC3)CCO2)n1. The summed E-state index contributed by atoms with van der Waals surface area (Å²) in [5.74, 6) is 1.24. The number of para-hydroxylation sites is 1. The van der Waals surface area contributed by atoms with Gasteiger partial charge in [0.1, 0.15) is 24.3 Å². The molecule has 0 bridgehead atoms. The maximum absolute atomic E-state index is 12.9. The molecule has 25 heavy (non-hydrogen) atoms. The molecule has 2 aromatic rings. The summed E-state index contributed by atoms with van der Waals surface area (Å²) < 4.78 is 11.5. The molecular weight excluding hydrogens is 318 g/mol. The molecule has 0 aliphatic carbocycles. The van der Waals surface area contributed by atoms with E-state index in [4.69, 9.17) is 15.2 Å². The van der Waals surface area contributed by atoms with Gasteiger partial charge >= 0.3 is 0 Å². The average Bonchev–Trinajstić information content (AvgIpc) is 2.67. The maximum atomic E-state index is 12.9. The van der Waals surface area contributed by atoms with Crippen LogP contribution in [0.5, 0.6) is 5.75 Å². The van der Waals surface area contributed by atoms with E-state index in [0.717, 1.165) is 17.0 Å². The van der Waals surface area contributed by atoms with E-state index in [1.54, 1.807) is 11.0 Å². The number of carbonyl (C=O) groups is 1. The Labute approximate surface area is 145 Å². The molecule has 4 rings (SSSR count). The normalized spacial score (nSPS) is 19.6. The van der Waals surface area contributed by atoms with Crippen LogP contribution in [0.1, 0.15) is 17.4 Å². The molecule has 1 saturated heterocycles. The fourth-order valence-corrected chi connectivity index (χ4v) is 3.10. The van der Waals surface area contributed by atoms with E-state index in [1.807, 2.05) is 42.5 Å². The van der Waals surface area contributed by atoms with Gasteiger partial charge < -0.3 is 20.1 Å². The van der Waals surface area contributed by atoms with Gasteiger partial charge in [0.2, 0.25) is 0 Å². The monoisotopic (exact) mass is 337 g/mol. The van der Waals surface area contributed by atoms with Crippen molar-refractivity contribution in [2.75, 3.05) is 32.0 Å². The van der Waals surface area contributed by atoms with Crippen molar-refractivity contribution in [3.8, 4) is 5.75 Å². The first-order valence-corrected chi connectivity index (χ1v) is 8.26. The topological polar surface area (TPSA) is 77.7 Å². The number of pyridine rings is 1. The number of anilines is 1. The van der Waals surface area contributed by atoms with Crippen LogP contribution in [0.25, 0.3) is 6.08 Å². The molecule has 2 aliphatic rings. The minimum absolute atomic E-state index is 0.0216. The second kappa shape index (κ2) is 6.57. The molecule has 1 unspecified atom stereocenters. The standard InChI is InChI=1S/C19H19N3O3/c20-18-7-3-5-15(21-18)17-11-22(8-9-24-17)19(23)14-10-13-4-1-2-6-16(13)25-12-14/h1-7,10,17H,8-9,11-12H2,(H2,20,21). The van der Waals surface area contributed by atoms with Crippen molar-refractivity contribution >= 4 is 17.8 Å². The molecule has 1 fully saturated rings. The molecule has 1 aromatic heterocycles. The number of morpholine rings is 1. The third kappa shape index (κ3) is 3.21. The lowest BCUT2D eigenvalue weighted by Gasteiger charge is -2.33. The van der Waals surface area contributed by atoms with Crippen molar-refractivity contribution in [1.82, 2.24) is 9.88 Å². The Morgan fingerprint density at radius 3 is 2.96 bits per heavy atom. The molecule has 1 atom stereocenters. The Morgan fingerprint density at radius 2 is 2.08 bits per heavy atom. The van der Waals surface area contributed by atoms with Gasteiger partial charge in [-0.15, -0.1) is 0 Å². The maximum Gasteiger partial charge on any atom is 0.253 e. The quantitative estimate of drug-likeness (QED) is 0.907. The van der Waals surface area contributed by atoms with E-state index in [-0.39, 0.29) is 18.6 Å². The first-order chi connectivity index (χ1) is 12.2. The molecule has 0 saturated carbocycles. The smallest absolute Gasteiger partial charge is 0.253 e. The van der Waals surface area contributed by atoms with Crippen molar-refractivity contribution in [3.63, 3.8) is 0 Å². The molecule has 0 radical (unpaired) electrons. The molecule has 2 N–H and O–H groups in total. The zero-order valence-electron chi connectivity index (χ0n) is 13.7. The van der Waals surface area contributed by atoms with Crippen molar-refractivity contribution in [3.05, 3.63) is 59.3 Å². The Hall–Kier alpha value is -2.86. The molecule has 0 spiro atoms. The minimum atomic E-state index is -0.265. The van der Waals surface area contributed by atoms with Gasteiger partial charge in [-0.2, -0.15) is 0 Å². The van der Waals surface area contributed by atoms with Crippen molar-refractivity contribution in [2.24, 2.45) is 0 Å². The zero-order chi connectivity index (χ0) is 17.2. The third-order valence-corrected chi connectivity index (χ3v) is 4.38. The van der Waals surface area contributed by atoms with Crippen LogP contribution in [0, 0.1) is 0 Å². The number of rotatable bonds is 2. The summed E-state index contributed by atoms with van der Waals surface area (Å²) in [5.41, 5.74) is 8.08. The van der Waals surface area contributed by atoms with Gasteiger partial charge in [-0.05, 0) is 24.3 Å². The van der Waals surface area contributed by atoms with Gasteiger partial charge in [-0.3, -0.25) is 4.79 Å². The van der Waals surface area contributed by atoms with Crippen molar-refractivity contribution < 1.29 is 14.3 Å². The third-order valence-electron chi connectivity index (χ3n) is 4.38. The molecule has 6 heteroatoms. The Balaban J connectivity index is 1.52. The molecule has 3 heterocycles. The number of benzene rings is 1. The number of fused-ring (bicyclic) bond motifs is 1. The summed E-state index contributed by atoms with van der Waals surface area (Å²) in [6, 6.07) is 13.2. The first kappa shape index (κ1) is 15.7. The number of amides is 1. The van der Waals surface area contributed by atoms with Crippen LogP contribution < -0.4 is 10.5 Å². The van der Waals surface area contributed by atoms with Crippen LogP contribution >= 0.6 is 0 Å². The number of nitrogens with zero attached hydrogens (tertiary/aromatic N) is 2.